The summed E-state index contributed by atoms with van der Waals surface area (Å²) >= 11 is 0. The molecule has 0 fully saturated rings. The molecule has 8 nitrogen and oxygen atoms in total. The molecule has 8 heteroatoms. The summed E-state index contributed by atoms with van der Waals surface area (Å²) in [6.07, 6.45) is 4.79. The maximum absolute atomic E-state index is 11.9. The van der Waals surface area contributed by atoms with E-state index < -0.39 is 23.8 Å². The van der Waals surface area contributed by atoms with Gasteiger partial charge < -0.3 is 20.1 Å². The highest BCUT2D eigenvalue weighted by molar-refractivity contribution is 6.04. The summed E-state index contributed by atoms with van der Waals surface area (Å²) in [7, 11) is 2.44. The van der Waals surface area contributed by atoms with Crippen molar-refractivity contribution in [1.29, 1.82) is 0 Å². The number of anilines is 2. The molecule has 0 aliphatic heterocycles. The summed E-state index contributed by atoms with van der Waals surface area (Å²) in [5.41, 5.74) is 2.61. The van der Waals surface area contributed by atoms with Gasteiger partial charge in [0, 0.05) is 35.7 Å². The van der Waals surface area contributed by atoms with Gasteiger partial charge in [-0.25, -0.2) is 9.59 Å². The smallest absolute Gasteiger partial charge is 0.330 e. The number of ether oxygens (including phenoxy) is 2. The van der Waals surface area contributed by atoms with E-state index in [1.54, 1.807) is 19.1 Å². The minimum atomic E-state index is -0.630. The summed E-state index contributed by atoms with van der Waals surface area (Å²) in [6.45, 7) is 3.66. The number of hydrogen-bond acceptors (Lipinski definition) is 6. The van der Waals surface area contributed by atoms with Crippen molar-refractivity contribution >= 4 is 35.1 Å². The standard InChI is InChI=1S/C19H22N2O6/c1-5-13-11-14(20-16(22)6-8-18(24)26-3)12(2)10-15(13)21-17(23)7-9-19(25)27-4/h6-11H,5H2,1-4H3,(H,20,22)(H,21,23)/b8-6-,9-7-. The Morgan fingerprint density at radius 3 is 1.78 bits per heavy atom. The van der Waals surface area contributed by atoms with E-state index in [2.05, 4.69) is 20.1 Å². The molecular formula is C19H22N2O6. The third-order valence-electron chi connectivity index (χ3n) is 3.49. The van der Waals surface area contributed by atoms with E-state index in [1.165, 1.54) is 14.2 Å². The first-order chi connectivity index (χ1) is 12.8. The number of amides is 2. The van der Waals surface area contributed by atoms with Gasteiger partial charge in [0.2, 0.25) is 11.8 Å². The number of methoxy groups -OCH3 is 2. The zero-order chi connectivity index (χ0) is 20.4. The molecular weight excluding hydrogens is 352 g/mol. The van der Waals surface area contributed by atoms with Crippen LogP contribution in [0.4, 0.5) is 11.4 Å². The number of rotatable bonds is 7. The predicted molar refractivity (Wildman–Crippen MR) is 100 cm³/mol. The van der Waals surface area contributed by atoms with Crippen molar-refractivity contribution in [3.8, 4) is 0 Å². The van der Waals surface area contributed by atoms with Gasteiger partial charge in [-0.05, 0) is 36.6 Å². The van der Waals surface area contributed by atoms with Crippen molar-refractivity contribution in [1.82, 2.24) is 0 Å². The maximum Gasteiger partial charge on any atom is 0.330 e. The van der Waals surface area contributed by atoms with Crippen LogP contribution < -0.4 is 10.6 Å². The Morgan fingerprint density at radius 1 is 0.852 bits per heavy atom. The minimum absolute atomic E-state index is 0.479. The molecule has 0 aromatic heterocycles. The highest BCUT2D eigenvalue weighted by atomic mass is 16.5. The van der Waals surface area contributed by atoms with Crippen molar-refractivity contribution in [3.05, 3.63) is 47.6 Å². The van der Waals surface area contributed by atoms with Gasteiger partial charge in [0.05, 0.1) is 14.2 Å². The van der Waals surface area contributed by atoms with Gasteiger partial charge in [0.15, 0.2) is 0 Å². The molecule has 144 valence electrons. The van der Waals surface area contributed by atoms with Gasteiger partial charge in [0.25, 0.3) is 0 Å². The molecule has 0 saturated heterocycles. The van der Waals surface area contributed by atoms with E-state index in [4.69, 9.17) is 0 Å². The third kappa shape index (κ3) is 7.15. The summed E-state index contributed by atoms with van der Waals surface area (Å²) in [6, 6.07) is 3.45. The lowest BCUT2D eigenvalue weighted by molar-refractivity contribution is -0.135. The SMILES string of the molecule is CCc1cc(NC(=O)/C=C\C(=O)OC)c(C)cc1NC(=O)/C=C\C(=O)OC. The van der Waals surface area contributed by atoms with Crippen LogP contribution in [-0.4, -0.2) is 38.0 Å². The summed E-state index contributed by atoms with van der Waals surface area (Å²) in [5.74, 6) is -2.22. The van der Waals surface area contributed by atoms with Crippen LogP contribution in [0.5, 0.6) is 0 Å². The van der Waals surface area contributed by atoms with Crippen LogP contribution in [0.25, 0.3) is 0 Å². The average molecular weight is 374 g/mol. The summed E-state index contributed by atoms with van der Waals surface area (Å²) in [4.78, 5) is 45.9. The zero-order valence-electron chi connectivity index (χ0n) is 15.6. The van der Waals surface area contributed by atoms with E-state index in [1.807, 2.05) is 6.92 Å². The molecule has 0 unspecified atom stereocenters. The van der Waals surface area contributed by atoms with Crippen LogP contribution in [0.2, 0.25) is 0 Å². The van der Waals surface area contributed by atoms with Crippen LogP contribution in [0.1, 0.15) is 18.1 Å². The van der Waals surface area contributed by atoms with Crippen LogP contribution in [0, 0.1) is 6.92 Å². The van der Waals surface area contributed by atoms with Gasteiger partial charge in [-0.2, -0.15) is 0 Å². The van der Waals surface area contributed by atoms with E-state index >= 15 is 0 Å². The molecule has 0 heterocycles. The van der Waals surface area contributed by atoms with Gasteiger partial charge >= 0.3 is 11.9 Å². The molecule has 0 spiro atoms. The van der Waals surface area contributed by atoms with Crippen LogP contribution in [-0.2, 0) is 35.1 Å². The molecule has 1 aromatic carbocycles. The monoisotopic (exact) mass is 374 g/mol. The van der Waals surface area contributed by atoms with Crippen LogP contribution in [0.3, 0.4) is 0 Å². The number of carbonyl (C=O) groups is 4. The minimum Gasteiger partial charge on any atom is -0.466 e. The van der Waals surface area contributed by atoms with Crippen molar-refractivity contribution in [2.45, 2.75) is 20.3 Å². The van der Waals surface area contributed by atoms with Crippen molar-refractivity contribution in [3.63, 3.8) is 0 Å². The Hall–Kier alpha value is -3.42. The first-order valence-corrected chi connectivity index (χ1v) is 8.08. The Labute approximate surface area is 157 Å². The Morgan fingerprint density at radius 2 is 1.33 bits per heavy atom. The number of carbonyl (C=O) groups excluding carboxylic acids is 4. The molecule has 0 saturated carbocycles. The fraction of sp³-hybridized carbons (Fsp3) is 0.263. The highest BCUT2D eigenvalue weighted by Gasteiger charge is 2.10. The lowest BCUT2D eigenvalue weighted by Crippen LogP contribution is -2.13. The molecule has 0 bridgehead atoms. The molecule has 27 heavy (non-hydrogen) atoms. The van der Waals surface area contributed by atoms with Crippen molar-refractivity contribution in [2.24, 2.45) is 0 Å². The topological polar surface area (TPSA) is 111 Å². The Kier molecular flexibility index (Phi) is 8.44. The molecule has 0 aliphatic rings. The van der Waals surface area contributed by atoms with E-state index in [0.29, 0.717) is 23.4 Å². The first kappa shape index (κ1) is 21.6. The summed E-state index contributed by atoms with van der Waals surface area (Å²) < 4.78 is 8.85. The van der Waals surface area contributed by atoms with Crippen molar-refractivity contribution in [2.75, 3.05) is 24.9 Å². The quantitative estimate of drug-likeness (QED) is 0.557. The maximum atomic E-state index is 11.9. The fourth-order valence-electron chi connectivity index (χ4n) is 2.07. The molecule has 2 amide bonds. The lowest BCUT2D eigenvalue weighted by Gasteiger charge is -2.14. The number of hydrogen-bond donors (Lipinski definition) is 2. The summed E-state index contributed by atoms with van der Waals surface area (Å²) in [5, 5.41) is 5.36. The third-order valence-corrected chi connectivity index (χ3v) is 3.49. The van der Waals surface area contributed by atoms with Gasteiger partial charge in [-0.1, -0.05) is 6.92 Å². The fourth-order valence-corrected chi connectivity index (χ4v) is 2.07. The second-order valence-corrected chi connectivity index (χ2v) is 5.37. The number of esters is 2. The molecule has 0 aliphatic carbocycles. The molecule has 1 aromatic rings. The van der Waals surface area contributed by atoms with Gasteiger partial charge in [0.1, 0.15) is 0 Å². The molecule has 0 atom stereocenters. The highest BCUT2D eigenvalue weighted by Crippen LogP contribution is 2.25. The second-order valence-electron chi connectivity index (χ2n) is 5.37. The van der Waals surface area contributed by atoms with E-state index in [9.17, 15) is 19.2 Å². The average Bonchev–Trinajstić information content (AvgIpc) is 2.65. The molecule has 2 N–H and O–H groups in total. The Bertz CT molecular complexity index is 796. The zero-order valence-corrected chi connectivity index (χ0v) is 15.6. The number of aryl methyl sites for hydroxylation is 2. The van der Waals surface area contributed by atoms with E-state index in [-0.39, 0.29) is 0 Å². The Balaban J connectivity index is 2.95. The second kappa shape index (κ2) is 10.5. The van der Waals surface area contributed by atoms with Crippen LogP contribution >= 0.6 is 0 Å². The van der Waals surface area contributed by atoms with Gasteiger partial charge in [-0.15, -0.1) is 0 Å². The first-order valence-electron chi connectivity index (χ1n) is 8.08. The lowest BCUT2D eigenvalue weighted by atomic mass is 10.0. The van der Waals surface area contributed by atoms with E-state index in [0.717, 1.165) is 29.9 Å². The molecule has 0 radical (unpaired) electrons. The van der Waals surface area contributed by atoms with Crippen molar-refractivity contribution < 1.29 is 28.7 Å². The number of benzene rings is 1. The van der Waals surface area contributed by atoms with Crippen LogP contribution in [0.15, 0.2) is 36.4 Å². The largest absolute Gasteiger partial charge is 0.466 e. The molecule has 1 rings (SSSR count). The van der Waals surface area contributed by atoms with Gasteiger partial charge in [-0.3, -0.25) is 9.59 Å². The predicted octanol–water partition coefficient (Wildman–Crippen LogP) is 1.89. The normalized spacial score (nSPS) is 10.7. The number of nitrogens with one attached hydrogen (secondary N) is 2.